The molecule has 0 fully saturated rings. The summed E-state index contributed by atoms with van der Waals surface area (Å²) in [6.07, 6.45) is 1.37. The molecule has 0 atom stereocenters. The fraction of sp³-hybridized carbons (Fsp3) is 0.200. The van der Waals surface area contributed by atoms with Gasteiger partial charge in [0, 0.05) is 5.69 Å². The van der Waals surface area contributed by atoms with Crippen molar-refractivity contribution >= 4 is 17.6 Å². The van der Waals surface area contributed by atoms with Gasteiger partial charge in [-0.25, -0.2) is 4.79 Å². The summed E-state index contributed by atoms with van der Waals surface area (Å²) in [7, 11) is 0. The molecule has 104 valence electrons. The molecular weight excluding hydrogens is 256 g/mol. The molecule has 2 aromatic rings. The molecule has 1 aromatic heterocycles. The largest absolute Gasteiger partial charge is 0.459 e. The summed E-state index contributed by atoms with van der Waals surface area (Å²) in [5, 5.41) is 4.77. The summed E-state index contributed by atoms with van der Waals surface area (Å²) >= 11 is 0. The Morgan fingerprint density at radius 2 is 1.80 bits per heavy atom. The van der Waals surface area contributed by atoms with Gasteiger partial charge in [0.15, 0.2) is 5.76 Å². The molecule has 0 saturated carbocycles. The van der Waals surface area contributed by atoms with E-state index in [0.29, 0.717) is 11.6 Å². The maximum Gasteiger partial charge on any atom is 0.326 e. The third-order valence-corrected chi connectivity index (χ3v) is 2.81. The number of hydrogen-bond acceptors (Lipinski definition) is 3. The zero-order valence-electron chi connectivity index (χ0n) is 11.3. The van der Waals surface area contributed by atoms with Crippen LogP contribution in [0.1, 0.15) is 35.9 Å². The zero-order chi connectivity index (χ0) is 14.5. The van der Waals surface area contributed by atoms with E-state index in [1.54, 1.807) is 18.2 Å². The quantitative estimate of drug-likeness (QED) is 0.899. The number of anilines is 1. The van der Waals surface area contributed by atoms with Crippen molar-refractivity contribution in [1.29, 1.82) is 0 Å². The molecule has 0 unspecified atom stereocenters. The Morgan fingerprint density at radius 1 is 1.10 bits per heavy atom. The van der Waals surface area contributed by atoms with Crippen LogP contribution < -0.4 is 10.6 Å². The molecule has 0 bridgehead atoms. The third-order valence-electron chi connectivity index (χ3n) is 2.81. The number of amides is 3. The fourth-order valence-corrected chi connectivity index (χ4v) is 1.69. The van der Waals surface area contributed by atoms with Crippen molar-refractivity contribution in [1.82, 2.24) is 5.32 Å². The standard InChI is InChI=1S/C15H16N2O3/c1-10(2)11-5-7-12(8-6-11)16-15(19)17-14(18)13-4-3-9-20-13/h3-10H,1-2H3,(H2,16,17,18,19). The summed E-state index contributed by atoms with van der Waals surface area (Å²) in [5.41, 5.74) is 1.81. The van der Waals surface area contributed by atoms with Crippen LogP contribution in [0.5, 0.6) is 0 Å². The van der Waals surface area contributed by atoms with Crippen LogP contribution in [0.4, 0.5) is 10.5 Å². The molecule has 0 saturated heterocycles. The highest BCUT2D eigenvalue weighted by Gasteiger charge is 2.12. The maximum atomic E-state index is 11.7. The summed E-state index contributed by atoms with van der Waals surface area (Å²) in [5.74, 6) is -0.0555. The van der Waals surface area contributed by atoms with Crippen LogP contribution in [0.25, 0.3) is 0 Å². The van der Waals surface area contributed by atoms with Crippen LogP contribution in [-0.4, -0.2) is 11.9 Å². The van der Waals surface area contributed by atoms with Crippen molar-refractivity contribution in [2.45, 2.75) is 19.8 Å². The Bertz CT molecular complexity index is 586. The van der Waals surface area contributed by atoms with Crippen molar-refractivity contribution in [3.8, 4) is 0 Å². The normalized spacial score (nSPS) is 10.3. The van der Waals surface area contributed by atoms with Gasteiger partial charge in [0.25, 0.3) is 5.91 Å². The molecule has 0 spiro atoms. The highest BCUT2D eigenvalue weighted by atomic mass is 16.3. The molecule has 5 heteroatoms. The smallest absolute Gasteiger partial charge is 0.326 e. The summed E-state index contributed by atoms with van der Waals surface area (Å²) < 4.78 is 4.90. The lowest BCUT2D eigenvalue weighted by molar-refractivity contribution is 0.0940. The van der Waals surface area contributed by atoms with Gasteiger partial charge in [-0.15, -0.1) is 0 Å². The minimum Gasteiger partial charge on any atom is -0.459 e. The second-order valence-electron chi connectivity index (χ2n) is 4.66. The molecule has 0 aliphatic rings. The van der Waals surface area contributed by atoms with E-state index in [2.05, 4.69) is 24.5 Å². The molecule has 20 heavy (non-hydrogen) atoms. The highest BCUT2D eigenvalue weighted by molar-refractivity contribution is 6.06. The molecule has 0 radical (unpaired) electrons. The summed E-state index contributed by atoms with van der Waals surface area (Å²) in [6.45, 7) is 4.19. The Labute approximate surface area is 117 Å². The SMILES string of the molecule is CC(C)c1ccc(NC(=O)NC(=O)c2ccco2)cc1. The van der Waals surface area contributed by atoms with Crippen molar-refractivity contribution < 1.29 is 14.0 Å². The van der Waals surface area contributed by atoms with E-state index in [4.69, 9.17) is 4.42 Å². The summed E-state index contributed by atoms with van der Waals surface area (Å²) in [4.78, 5) is 23.2. The molecule has 1 aromatic carbocycles. The lowest BCUT2D eigenvalue weighted by Gasteiger charge is -2.08. The van der Waals surface area contributed by atoms with Crippen molar-refractivity contribution in [3.05, 3.63) is 54.0 Å². The second-order valence-corrected chi connectivity index (χ2v) is 4.66. The van der Waals surface area contributed by atoms with E-state index in [-0.39, 0.29) is 5.76 Å². The van der Waals surface area contributed by atoms with Crippen LogP contribution in [0.2, 0.25) is 0 Å². The van der Waals surface area contributed by atoms with Crippen LogP contribution >= 0.6 is 0 Å². The average Bonchev–Trinajstić information content (AvgIpc) is 2.93. The number of nitrogens with one attached hydrogen (secondary N) is 2. The predicted molar refractivity (Wildman–Crippen MR) is 75.7 cm³/mol. The van der Waals surface area contributed by atoms with E-state index in [1.807, 2.05) is 12.1 Å². The Kier molecular flexibility index (Phi) is 4.20. The number of furan rings is 1. The van der Waals surface area contributed by atoms with Gasteiger partial charge in [-0.2, -0.15) is 0 Å². The fourth-order valence-electron chi connectivity index (χ4n) is 1.69. The number of imide groups is 1. The van der Waals surface area contributed by atoms with E-state index in [0.717, 1.165) is 0 Å². The van der Waals surface area contributed by atoms with Crippen LogP contribution in [0, 0.1) is 0 Å². The van der Waals surface area contributed by atoms with Gasteiger partial charge < -0.3 is 9.73 Å². The number of carbonyl (C=O) groups is 2. The van der Waals surface area contributed by atoms with Crippen molar-refractivity contribution in [3.63, 3.8) is 0 Å². The van der Waals surface area contributed by atoms with Gasteiger partial charge in [0.05, 0.1) is 6.26 Å². The van der Waals surface area contributed by atoms with Gasteiger partial charge in [-0.3, -0.25) is 10.1 Å². The summed E-state index contributed by atoms with van der Waals surface area (Å²) in [6, 6.07) is 9.95. The first-order valence-corrected chi connectivity index (χ1v) is 6.32. The molecule has 2 N–H and O–H groups in total. The predicted octanol–water partition coefficient (Wildman–Crippen LogP) is 3.36. The van der Waals surface area contributed by atoms with Gasteiger partial charge in [-0.1, -0.05) is 26.0 Å². The molecule has 5 nitrogen and oxygen atoms in total. The van der Waals surface area contributed by atoms with Crippen LogP contribution in [-0.2, 0) is 0 Å². The van der Waals surface area contributed by atoms with Crippen molar-refractivity contribution in [2.24, 2.45) is 0 Å². The van der Waals surface area contributed by atoms with E-state index in [9.17, 15) is 9.59 Å². The molecule has 1 heterocycles. The minimum atomic E-state index is -0.594. The molecule has 3 amide bonds. The first-order valence-electron chi connectivity index (χ1n) is 6.32. The van der Waals surface area contributed by atoms with E-state index >= 15 is 0 Å². The Hall–Kier alpha value is -2.56. The first-order chi connectivity index (χ1) is 9.56. The molecule has 2 rings (SSSR count). The zero-order valence-corrected chi connectivity index (χ0v) is 11.3. The van der Waals surface area contributed by atoms with E-state index < -0.39 is 11.9 Å². The number of carbonyl (C=O) groups excluding carboxylic acids is 2. The molecular formula is C15H16N2O3. The first kappa shape index (κ1) is 13.9. The van der Waals surface area contributed by atoms with Gasteiger partial charge in [0.2, 0.25) is 0 Å². The Balaban J connectivity index is 1.93. The number of hydrogen-bond donors (Lipinski definition) is 2. The molecule has 0 aliphatic heterocycles. The monoisotopic (exact) mass is 272 g/mol. The van der Waals surface area contributed by atoms with Crippen LogP contribution in [0.15, 0.2) is 47.1 Å². The minimum absolute atomic E-state index is 0.0929. The maximum absolute atomic E-state index is 11.7. The second kappa shape index (κ2) is 6.06. The lowest BCUT2D eigenvalue weighted by Crippen LogP contribution is -2.34. The van der Waals surface area contributed by atoms with Crippen LogP contribution in [0.3, 0.4) is 0 Å². The van der Waals surface area contributed by atoms with Gasteiger partial charge >= 0.3 is 6.03 Å². The number of rotatable bonds is 3. The van der Waals surface area contributed by atoms with E-state index in [1.165, 1.54) is 17.9 Å². The third kappa shape index (κ3) is 3.47. The van der Waals surface area contributed by atoms with Crippen molar-refractivity contribution in [2.75, 3.05) is 5.32 Å². The number of urea groups is 1. The highest BCUT2D eigenvalue weighted by Crippen LogP contribution is 2.16. The van der Waals surface area contributed by atoms with Gasteiger partial charge in [0.1, 0.15) is 0 Å². The van der Waals surface area contributed by atoms with Gasteiger partial charge in [-0.05, 0) is 35.7 Å². The Morgan fingerprint density at radius 3 is 2.35 bits per heavy atom. The lowest BCUT2D eigenvalue weighted by atomic mass is 10.0. The average molecular weight is 272 g/mol. The topological polar surface area (TPSA) is 71.3 Å². The number of benzene rings is 1. The molecule has 0 aliphatic carbocycles.